The Morgan fingerprint density at radius 1 is 1.45 bits per heavy atom. The van der Waals surface area contributed by atoms with E-state index in [4.69, 9.17) is 4.74 Å². The second kappa shape index (κ2) is 5.94. The summed E-state index contributed by atoms with van der Waals surface area (Å²) in [6.07, 6.45) is 0.708. The molecule has 1 saturated heterocycles. The van der Waals surface area contributed by atoms with Crippen LogP contribution in [0.2, 0.25) is 0 Å². The molecule has 1 heterocycles. The lowest BCUT2D eigenvalue weighted by Gasteiger charge is -2.24. The first-order chi connectivity index (χ1) is 9.51. The van der Waals surface area contributed by atoms with Crippen LogP contribution in [0.4, 0.5) is 0 Å². The highest BCUT2D eigenvalue weighted by Gasteiger charge is 2.46. The fourth-order valence-electron chi connectivity index (χ4n) is 2.65. The lowest BCUT2D eigenvalue weighted by atomic mass is 9.99. The summed E-state index contributed by atoms with van der Waals surface area (Å²) < 4.78 is 5.14. The summed E-state index contributed by atoms with van der Waals surface area (Å²) in [7, 11) is 1.66. The van der Waals surface area contributed by atoms with Crippen molar-refractivity contribution in [2.24, 2.45) is 0 Å². The molecular weight excluding hydrogens is 252 g/mol. The number of benzene rings is 1. The number of carbonyl (C=O) groups excluding carboxylic acids is 1. The van der Waals surface area contributed by atoms with Crippen LogP contribution in [0, 0.1) is 6.92 Å². The minimum Gasteiger partial charge on any atom is -0.383 e. The molecule has 110 valence electrons. The number of rotatable bonds is 5. The van der Waals surface area contributed by atoms with Crippen molar-refractivity contribution in [3.8, 4) is 0 Å². The smallest absolute Gasteiger partial charge is 0.244 e. The molecule has 1 N–H and O–H groups in total. The third-order valence-electron chi connectivity index (χ3n) is 4.10. The Kier molecular flexibility index (Phi) is 4.45. The average Bonchev–Trinajstić information content (AvgIpc) is 2.70. The van der Waals surface area contributed by atoms with Gasteiger partial charge in [0.15, 0.2) is 0 Å². The Morgan fingerprint density at radius 2 is 2.20 bits per heavy atom. The van der Waals surface area contributed by atoms with Crippen molar-refractivity contribution < 1.29 is 9.53 Å². The molecule has 0 aromatic heterocycles. The van der Waals surface area contributed by atoms with Gasteiger partial charge in [-0.05, 0) is 25.8 Å². The van der Waals surface area contributed by atoms with Crippen LogP contribution < -0.4 is 5.32 Å². The number of nitrogens with one attached hydrogen (secondary N) is 1. The molecule has 0 aliphatic carbocycles. The first-order valence-corrected chi connectivity index (χ1v) is 7.16. The summed E-state index contributed by atoms with van der Waals surface area (Å²) in [6.45, 7) is 7.24. The van der Waals surface area contributed by atoms with Crippen LogP contribution in [-0.4, -0.2) is 36.6 Å². The van der Waals surface area contributed by atoms with Gasteiger partial charge in [-0.2, -0.15) is 0 Å². The topological polar surface area (TPSA) is 41.6 Å². The molecule has 1 aliphatic heterocycles. The maximum atomic E-state index is 12.6. The summed E-state index contributed by atoms with van der Waals surface area (Å²) >= 11 is 0. The normalized spacial score (nSPS) is 26.3. The van der Waals surface area contributed by atoms with Gasteiger partial charge in [-0.25, -0.2) is 0 Å². The molecule has 4 nitrogen and oxygen atoms in total. The molecule has 1 amide bonds. The van der Waals surface area contributed by atoms with Crippen LogP contribution in [0.5, 0.6) is 0 Å². The van der Waals surface area contributed by atoms with Crippen molar-refractivity contribution in [1.29, 1.82) is 0 Å². The highest BCUT2D eigenvalue weighted by atomic mass is 16.5. The standard InChI is InChI=1S/C16H24N2O2/c1-5-16(3)15(19)18(9-10-20-4)14(17-16)13-8-6-7-12(2)11-13/h6-8,11,14,17H,5,9-10H2,1-4H3. The van der Waals surface area contributed by atoms with Gasteiger partial charge in [0.1, 0.15) is 6.17 Å². The van der Waals surface area contributed by atoms with Gasteiger partial charge in [0.25, 0.3) is 0 Å². The maximum Gasteiger partial charge on any atom is 0.244 e. The minimum absolute atomic E-state index is 0.0671. The number of amides is 1. The molecule has 1 aromatic carbocycles. The van der Waals surface area contributed by atoms with E-state index in [0.29, 0.717) is 13.2 Å². The van der Waals surface area contributed by atoms with E-state index >= 15 is 0 Å². The Bertz CT molecular complexity index is 489. The third-order valence-corrected chi connectivity index (χ3v) is 4.10. The molecule has 0 radical (unpaired) electrons. The molecule has 0 spiro atoms. The number of carbonyl (C=O) groups is 1. The van der Waals surface area contributed by atoms with Crippen molar-refractivity contribution in [3.63, 3.8) is 0 Å². The molecular formula is C16H24N2O2. The van der Waals surface area contributed by atoms with Gasteiger partial charge in [-0.15, -0.1) is 0 Å². The number of aryl methyl sites for hydroxylation is 1. The van der Waals surface area contributed by atoms with Crippen LogP contribution in [-0.2, 0) is 9.53 Å². The molecule has 0 bridgehead atoms. The Labute approximate surface area is 121 Å². The highest BCUT2D eigenvalue weighted by molar-refractivity contribution is 5.88. The average molecular weight is 276 g/mol. The second-order valence-electron chi connectivity index (χ2n) is 5.64. The Hall–Kier alpha value is -1.39. The van der Waals surface area contributed by atoms with E-state index in [0.717, 1.165) is 12.0 Å². The van der Waals surface area contributed by atoms with Crippen LogP contribution in [0.1, 0.15) is 37.6 Å². The molecule has 1 aromatic rings. The van der Waals surface area contributed by atoms with E-state index < -0.39 is 5.54 Å². The third kappa shape index (κ3) is 2.72. The lowest BCUT2D eigenvalue weighted by molar-refractivity contribution is -0.133. The van der Waals surface area contributed by atoms with Crippen molar-refractivity contribution >= 4 is 5.91 Å². The minimum atomic E-state index is -0.484. The van der Waals surface area contributed by atoms with Crippen molar-refractivity contribution in [1.82, 2.24) is 10.2 Å². The molecule has 0 saturated carbocycles. The van der Waals surface area contributed by atoms with Crippen molar-refractivity contribution in [3.05, 3.63) is 35.4 Å². The van der Waals surface area contributed by atoms with Crippen LogP contribution in [0.15, 0.2) is 24.3 Å². The Balaban J connectivity index is 2.31. The zero-order valence-corrected chi connectivity index (χ0v) is 12.8. The number of hydrogen-bond acceptors (Lipinski definition) is 3. The SMILES string of the molecule is CCC1(C)NC(c2cccc(C)c2)N(CCOC)C1=O. The quantitative estimate of drug-likeness (QED) is 0.897. The zero-order valence-electron chi connectivity index (χ0n) is 12.8. The first kappa shape index (κ1) is 15.0. The molecule has 20 heavy (non-hydrogen) atoms. The van der Waals surface area contributed by atoms with Crippen LogP contribution >= 0.6 is 0 Å². The van der Waals surface area contributed by atoms with Crippen molar-refractivity contribution in [2.45, 2.75) is 38.9 Å². The summed E-state index contributed by atoms with van der Waals surface area (Å²) in [4.78, 5) is 14.5. The Morgan fingerprint density at radius 3 is 2.80 bits per heavy atom. The van der Waals surface area contributed by atoms with Crippen molar-refractivity contribution in [2.75, 3.05) is 20.3 Å². The van der Waals surface area contributed by atoms with Gasteiger partial charge < -0.3 is 9.64 Å². The summed E-state index contributed by atoms with van der Waals surface area (Å²) in [5, 5.41) is 3.49. The number of methoxy groups -OCH3 is 1. The van der Waals surface area contributed by atoms with Gasteiger partial charge in [0, 0.05) is 13.7 Å². The molecule has 1 fully saturated rings. The highest BCUT2D eigenvalue weighted by Crippen LogP contribution is 2.32. The van der Waals surface area contributed by atoms with E-state index in [-0.39, 0.29) is 12.1 Å². The second-order valence-corrected chi connectivity index (χ2v) is 5.64. The summed E-state index contributed by atoms with van der Waals surface area (Å²) in [6, 6.07) is 8.30. The molecule has 2 unspecified atom stereocenters. The fraction of sp³-hybridized carbons (Fsp3) is 0.562. The maximum absolute atomic E-state index is 12.6. The predicted molar refractivity (Wildman–Crippen MR) is 79.3 cm³/mol. The van der Waals surface area contributed by atoms with Crippen LogP contribution in [0.3, 0.4) is 0 Å². The van der Waals surface area contributed by atoms with E-state index in [1.54, 1.807) is 7.11 Å². The van der Waals surface area contributed by atoms with Crippen LogP contribution in [0.25, 0.3) is 0 Å². The van der Waals surface area contributed by atoms with E-state index in [2.05, 4.69) is 30.4 Å². The fourth-order valence-corrected chi connectivity index (χ4v) is 2.65. The lowest BCUT2D eigenvalue weighted by Crippen LogP contribution is -2.43. The molecule has 2 atom stereocenters. The summed E-state index contributed by atoms with van der Waals surface area (Å²) in [5.74, 6) is 0.156. The van der Waals surface area contributed by atoms with Gasteiger partial charge in [0.05, 0.1) is 12.1 Å². The molecule has 1 aliphatic rings. The molecule has 2 rings (SSSR count). The van der Waals surface area contributed by atoms with E-state index in [1.807, 2.05) is 24.8 Å². The monoisotopic (exact) mass is 276 g/mol. The number of ether oxygens (including phenoxy) is 1. The van der Waals surface area contributed by atoms with Gasteiger partial charge in [-0.1, -0.05) is 36.8 Å². The van der Waals surface area contributed by atoms with Gasteiger partial charge >= 0.3 is 0 Å². The first-order valence-electron chi connectivity index (χ1n) is 7.16. The van der Waals surface area contributed by atoms with Gasteiger partial charge in [0.2, 0.25) is 5.91 Å². The van der Waals surface area contributed by atoms with E-state index in [1.165, 1.54) is 5.56 Å². The summed E-state index contributed by atoms with van der Waals surface area (Å²) in [5.41, 5.74) is 1.85. The van der Waals surface area contributed by atoms with Gasteiger partial charge in [-0.3, -0.25) is 10.1 Å². The van der Waals surface area contributed by atoms with E-state index in [9.17, 15) is 4.79 Å². The zero-order chi connectivity index (χ0) is 14.8. The largest absolute Gasteiger partial charge is 0.383 e. The molecule has 4 heteroatoms. The number of nitrogens with zero attached hydrogens (tertiary/aromatic N) is 1. The number of hydrogen-bond donors (Lipinski definition) is 1. The predicted octanol–water partition coefficient (Wildman–Crippen LogP) is 2.24.